The Balaban J connectivity index is 2.09. The topological polar surface area (TPSA) is 70.1 Å². The molecule has 0 radical (unpaired) electrons. The Bertz CT molecular complexity index is 684. The molecule has 1 aromatic carbocycles. The van der Waals surface area contributed by atoms with Gasteiger partial charge in [0.15, 0.2) is 0 Å². The lowest BCUT2D eigenvalue weighted by Gasteiger charge is -2.34. The summed E-state index contributed by atoms with van der Waals surface area (Å²) in [5, 5.41) is 8.60. The van der Waals surface area contributed by atoms with E-state index in [1.807, 2.05) is 0 Å². The summed E-state index contributed by atoms with van der Waals surface area (Å²) in [6.45, 7) is 0.684. The predicted molar refractivity (Wildman–Crippen MR) is 87.2 cm³/mol. The van der Waals surface area contributed by atoms with Crippen molar-refractivity contribution in [2.45, 2.75) is 12.3 Å². The van der Waals surface area contributed by atoms with E-state index in [1.54, 1.807) is 7.05 Å². The number of benzene rings is 1. The number of hydrogen-bond donors (Lipinski definition) is 1. The van der Waals surface area contributed by atoms with Crippen LogP contribution in [0.5, 0.6) is 0 Å². The Morgan fingerprint density at radius 3 is 2.69 bits per heavy atom. The minimum atomic E-state index is -4.60. The molecule has 1 aliphatic rings. The van der Waals surface area contributed by atoms with Gasteiger partial charge in [-0.1, -0.05) is 11.6 Å². The summed E-state index contributed by atoms with van der Waals surface area (Å²) < 4.78 is 44.2. The molecule has 1 amide bonds. The Morgan fingerprint density at radius 2 is 2.08 bits per heavy atom. The highest BCUT2D eigenvalue weighted by atomic mass is 35.5. The number of carbonyl (C=O) groups is 2. The van der Waals surface area contributed by atoms with Gasteiger partial charge < -0.3 is 14.7 Å². The maximum absolute atomic E-state index is 12.9. The highest BCUT2D eigenvalue weighted by molar-refractivity contribution is 6.31. The first kappa shape index (κ1) is 20.5. The average molecular weight is 395 g/mol. The monoisotopic (exact) mass is 394 g/mol. The molecular weight excluding hydrogens is 377 g/mol. The van der Waals surface area contributed by atoms with Crippen molar-refractivity contribution in [1.29, 1.82) is 0 Å². The molecule has 1 fully saturated rings. The lowest BCUT2D eigenvalue weighted by atomic mass is 10.1. The van der Waals surface area contributed by atoms with Crippen LogP contribution in [0.15, 0.2) is 18.2 Å². The van der Waals surface area contributed by atoms with E-state index in [9.17, 15) is 22.8 Å². The van der Waals surface area contributed by atoms with Crippen LogP contribution in [0.3, 0.4) is 0 Å². The number of morpholine rings is 1. The molecule has 0 bridgehead atoms. The van der Waals surface area contributed by atoms with E-state index in [2.05, 4.69) is 0 Å². The van der Waals surface area contributed by atoms with E-state index in [0.29, 0.717) is 0 Å². The zero-order valence-corrected chi connectivity index (χ0v) is 14.7. The van der Waals surface area contributed by atoms with Crippen molar-refractivity contribution in [3.8, 4) is 0 Å². The number of amides is 1. The van der Waals surface area contributed by atoms with Crippen LogP contribution >= 0.6 is 11.6 Å². The fraction of sp³-hybridized carbons (Fsp3) is 0.500. The van der Waals surface area contributed by atoms with Crippen molar-refractivity contribution in [2.75, 3.05) is 39.8 Å². The molecule has 0 aromatic heterocycles. The number of carboxylic acid groups (broad SMARTS) is 1. The molecule has 1 heterocycles. The van der Waals surface area contributed by atoms with Gasteiger partial charge in [-0.25, -0.2) is 0 Å². The quantitative estimate of drug-likeness (QED) is 0.829. The molecule has 1 unspecified atom stereocenters. The van der Waals surface area contributed by atoms with E-state index >= 15 is 0 Å². The van der Waals surface area contributed by atoms with Crippen LogP contribution in [0.25, 0.3) is 0 Å². The lowest BCUT2D eigenvalue weighted by molar-refractivity contribution is -0.139. The van der Waals surface area contributed by atoms with Gasteiger partial charge in [0.2, 0.25) is 0 Å². The number of rotatable bonds is 5. The zero-order chi connectivity index (χ0) is 19.5. The molecule has 10 heteroatoms. The van der Waals surface area contributed by atoms with Crippen molar-refractivity contribution < 1.29 is 32.6 Å². The normalized spacial score (nSPS) is 18.2. The third kappa shape index (κ3) is 5.58. The first-order valence-electron chi connectivity index (χ1n) is 7.75. The molecular formula is C16H18ClF3N2O4. The fourth-order valence-corrected chi connectivity index (χ4v) is 2.95. The second-order valence-corrected chi connectivity index (χ2v) is 6.50. The maximum Gasteiger partial charge on any atom is 0.416 e. The van der Waals surface area contributed by atoms with Crippen molar-refractivity contribution in [1.82, 2.24) is 9.80 Å². The van der Waals surface area contributed by atoms with Gasteiger partial charge in [-0.15, -0.1) is 0 Å². The van der Waals surface area contributed by atoms with Gasteiger partial charge in [-0.2, -0.15) is 13.2 Å². The summed E-state index contributed by atoms with van der Waals surface area (Å²) in [5.41, 5.74) is -1.14. The number of alkyl halides is 3. The first-order valence-corrected chi connectivity index (χ1v) is 8.13. The minimum absolute atomic E-state index is 0.149. The van der Waals surface area contributed by atoms with Crippen LogP contribution in [-0.2, 0) is 15.7 Å². The molecule has 0 aliphatic carbocycles. The number of hydrogen-bond acceptors (Lipinski definition) is 4. The molecule has 26 heavy (non-hydrogen) atoms. The van der Waals surface area contributed by atoms with Crippen LogP contribution in [-0.4, -0.2) is 72.7 Å². The number of ether oxygens (including phenoxy) is 1. The molecule has 1 aliphatic heterocycles. The third-order valence-corrected chi connectivity index (χ3v) is 4.04. The summed E-state index contributed by atoms with van der Waals surface area (Å²) in [5.74, 6) is -1.57. The molecule has 1 saturated heterocycles. The SMILES string of the molecule is CN(CC(=O)O)CC1CN(C(=O)c2cc(Cl)cc(C(F)(F)F)c2)CCO1. The number of likely N-dealkylation sites (N-methyl/N-ethyl adjacent to an activating group) is 1. The average Bonchev–Trinajstić information content (AvgIpc) is 2.52. The van der Waals surface area contributed by atoms with E-state index < -0.39 is 29.7 Å². The molecule has 1 atom stereocenters. The predicted octanol–water partition coefficient (Wildman–Crippen LogP) is 2.22. The highest BCUT2D eigenvalue weighted by Gasteiger charge is 2.33. The van der Waals surface area contributed by atoms with E-state index in [1.165, 1.54) is 15.9 Å². The molecule has 6 nitrogen and oxygen atoms in total. The zero-order valence-electron chi connectivity index (χ0n) is 13.9. The Labute approximate surface area is 153 Å². The molecule has 0 spiro atoms. The molecule has 1 aromatic rings. The molecule has 0 saturated carbocycles. The summed E-state index contributed by atoms with van der Waals surface area (Å²) in [6.07, 6.45) is -5.04. The van der Waals surface area contributed by atoms with Gasteiger partial charge in [0.25, 0.3) is 5.91 Å². The van der Waals surface area contributed by atoms with Gasteiger partial charge in [-0.05, 0) is 25.2 Å². The van der Waals surface area contributed by atoms with Crippen LogP contribution < -0.4 is 0 Å². The lowest BCUT2D eigenvalue weighted by Crippen LogP contribution is -2.49. The summed E-state index contributed by atoms with van der Waals surface area (Å²) in [6, 6.07) is 2.73. The van der Waals surface area contributed by atoms with Gasteiger partial charge in [-0.3, -0.25) is 14.5 Å². The number of halogens is 4. The van der Waals surface area contributed by atoms with Crippen LogP contribution in [0.1, 0.15) is 15.9 Å². The van der Waals surface area contributed by atoms with Crippen molar-refractivity contribution in [2.24, 2.45) is 0 Å². The maximum atomic E-state index is 12.9. The Morgan fingerprint density at radius 1 is 1.38 bits per heavy atom. The fourth-order valence-electron chi connectivity index (χ4n) is 2.72. The smallest absolute Gasteiger partial charge is 0.416 e. The van der Waals surface area contributed by atoms with E-state index in [-0.39, 0.29) is 43.4 Å². The van der Waals surface area contributed by atoms with Crippen LogP contribution in [0, 0.1) is 0 Å². The second kappa shape index (κ2) is 8.24. The molecule has 144 valence electrons. The second-order valence-electron chi connectivity index (χ2n) is 6.06. The largest absolute Gasteiger partial charge is 0.480 e. The number of nitrogens with zero attached hydrogens (tertiary/aromatic N) is 2. The molecule has 2 rings (SSSR count). The number of carbonyl (C=O) groups excluding carboxylic acids is 1. The van der Waals surface area contributed by atoms with Gasteiger partial charge >= 0.3 is 12.1 Å². The van der Waals surface area contributed by atoms with E-state index in [4.69, 9.17) is 21.4 Å². The minimum Gasteiger partial charge on any atom is -0.480 e. The van der Waals surface area contributed by atoms with Gasteiger partial charge in [0, 0.05) is 30.2 Å². The van der Waals surface area contributed by atoms with Gasteiger partial charge in [0.1, 0.15) is 0 Å². The first-order chi connectivity index (χ1) is 12.1. The summed E-state index contributed by atoms with van der Waals surface area (Å²) in [4.78, 5) is 26.2. The van der Waals surface area contributed by atoms with Crippen LogP contribution in [0.4, 0.5) is 13.2 Å². The van der Waals surface area contributed by atoms with Crippen molar-refractivity contribution in [3.05, 3.63) is 34.3 Å². The van der Waals surface area contributed by atoms with E-state index in [0.717, 1.165) is 12.1 Å². The van der Waals surface area contributed by atoms with Crippen molar-refractivity contribution in [3.63, 3.8) is 0 Å². The summed E-state index contributed by atoms with van der Waals surface area (Å²) >= 11 is 5.73. The van der Waals surface area contributed by atoms with Gasteiger partial charge in [0.05, 0.1) is 24.8 Å². The van der Waals surface area contributed by atoms with Crippen LogP contribution in [0.2, 0.25) is 5.02 Å². The number of aliphatic carboxylic acids is 1. The Hall–Kier alpha value is -1.84. The van der Waals surface area contributed by atoms with Crippen molar-refractivity contribution >= 4 is 23.5 Å². The highest BCUT2D eigenvalue weighted by Crippen LogP contribution is 2.32. The standard InChI is InChI=1S/C16H18ClF3N2O4/c1-21(9-14(23)24)7-13-8-22(2-3-26-13)15(25)10-4-11(16(18,19)20)6-12(17)5-10/h4-6,13H,2-3,7-9H2,1H3,(H,23,24). The molecule has 1 N–H and O–H groups in total. The summed E-state index contributed by atoms with van der Waals surface area (Å²) in [7, 11) is 1.60. The third-order valence-electron chi connectivity index (χ3n) is 3.82. The Kier molecular flexibility index (Phi) is 6.48. The number of carboxylic acids is 1.